The van der Waals surface area contributed by atoms with E-state index in [1.54, 1.807) is 0 Å². The lowest BCUT2D eigenvalue weighted by atomic mass is 10.0. The molecule has 2 aromatic carbocycles. The van der Waals surface area contributed by atoms with Gasteiger partial charge in [-0.3, -0.25) is 4.99 Å². The second kappa shape index (κ2) is 10.7. The van der Waals surface area contributed by atoms with Crippen LogP contribution in [-0.2, 0) is 6.42 Å². The highest BCUT2D eigenvalue weighted by Gasteiger charge is 2.11. The highest BCUT2D eigenvalue weighted by atomic mass is 32.1. The number of hydrogen-bond acceptors (Lipinski definition) is 5. The SMILES string of the molecule is C/C(=C\C=N/C(C)N)c1sc2ccc(Cc3cccc(OCCN(C)C)c3)cc2c1C. The van der Waals surface area contributed by atoms with Crippen molar-refractivity contribution in [1.82, 2.24) is 4.90 Å². The van der Waals surface area contributed by atoms with Crippen molar-refractivity contribution in [2.75, 3.05) is 27.2 Å². The smallest absolute Gasteiger partial charge is 0.119 e. The van der Waals surface area contributed by atoms with Crippen molar-refractivity contribution >= 4 is 33.2 Å². The van der Waals surface area contributed by atoms with Gasteiger partial charge in [-0.2, -0.15) is 0 Å². The molecule has 2 N–H and O–H groups in total. The Morgan fingerprint density at radius 2 is 1.97 bits per heavy atom. The molecule has 1 aromatic heterocycles. The minimum Gasteiger partial charge on any atom is -0.492 e. The number of fused-ring (bicyclic) bond motifs is 1. The Hall–Kier alpha value is -2.47. The lowest BCUT2D eigenvalue weighted by Gasteiger charge is -2.12. The van der Waals surface area contributed by atoms with Gasteiger partial charge >= 0.3 is 0 Å². The van der Waals surface area contributed by atoms with E-state index in [1.165, 1.54) is 37.2 Å². The van der Waals surface area contributed by atoms with Gasteiger partial charge in [-0.05, 0) is 99.3 Å². The van der Waals surface area contributed by atoms with E-state index in [-0.39, 0.29) is 6.17 Å². The van der Waals surface area contributed by atoms with E-state index in [4.69, 9.17) is 10.5 Å². The van der Waals surface area contributed by atoms with E-state index in [1.807, 2.05) is 36.6 Å². The summed E-state index contributed by atoms with van der Waals surface area (Å²) < 4.78 is 7.21. The molecule has 31 heavy (non-hydrogen) atoms. The Bertz CT molecular complexity index is 1080. The molecule has 1 heterocycles. The molecule has 0 fully saturated rings. The zero-order valence-corrected chi connectivity index (χ0v) is 20.0. The van der Waals surface area contributed by atoms with Crippen molar-refractivity contribution in [3.8, 4) is 5.75 Å². The van der Waals surface area contributed by atoms with Gasteiger partial charge in [0.25, 0.3) is 0 Å². The number of likely N-dealkylation sites (N-methyl/N-ethyl adjacent to an activating group) is 1. The number of aliphatic imine (C=N–C) groups is 1. The molecule has 0 saturated heterocycles. The lowest BCUT2D eigenvalue weighted by molar-refractivity contribution is 0.261. The molecule has 0 saturated carbocycles. The van der Waals surface area contributed by atoms with Crippen LogP contribution in [0.15, 0.2) is 53.5 Å². The van der Waals surface area contributed by atoms with Crippen LogP contribution in [-0.4, -0.2) is 44.5 Å². The zero-order chi connectivity index (χ0) is 22.4. The summed E-state index contributed by atoms with van der Waals surface area (Å²) in [6, 6.07) is 15.2. The van der Waals surface area contributed by atoms with Gasteiger partial charge in [-0.25, -0.2) is 0 Å². The third kappa shape index (κ3) is 6.50. The molecule has 0 spiro atoms. The summed E-state index contributed by atoms with van der Waals surface area (Å²) in [5.74, 6) is 0.934. The van der Waals surface area contributed by atoms with Gasteiger partial charge in [0.1, 0.15) is 12.4 Å². The largest absolute Gasteiger partial charge is 0.492 e. The Kier molecular flexibility index (Phi) is 8.02. The second-order valence-corrected chi connectivity index (χ2v) is 9.30. The minimum absolute atomic E-state index is 0.174. The highest BCUT2D eigenvalue weighted by molar-refractivity contribution is 7.20. The van der Waals surface area contributed by atoms with Crippen molar-refractivity contribution < 1.29 is 4.74 Å². The molecular formula is C26H33N3OS. The molecule has 1 atom stereocenters. The fourth-order valence-corrected chi connectivity index (χ4v) is 4.62. The van der Waals surface area contributed by atoms with Gasteiger partial charge < -0.3 is 15.4 Å². The van der Waals surface area contributed by atoms with Crippen LogP contribution in [0.5, 0.6) is 5.75 Å². The van der Waals surface area contributed by atoms with Gasteiger partial charge in [0.05, 0.1) is 6.17 Å². The van der Waals surface area contributed by atoms with Crippen molar-refractivity contribution in [3.05, 3.63) is 70.1 Å². The number of ether oxygens (including phenoxy) is 1. The molecule has 0 bridgehead atoms. The highest BCUT2D eigenvalue weighted by Crippen LogP contribution is 2.36. The predicted molar refractivity (Wildman–Crippen MR) is 136 cm³/mol. The topological polar surface area (TPSA) is 50.9 Å². The average Bonchev–Trinajstić information content (AvgIpc) is 3.04. The molecule has 164 valence electrons. The number of thiophene rings is 1. The predicted octanol–water partition coefficient (Wildman–Crippen LogP) is 5.52. The number of nitrogens with two attached hydrogens (primary N) is 1. The summed E-state index contributed by atoms with van der Waals surface area (Å²) in [5, 5.41) is 1.33. The van der Waals surface area contributed by atoms with Crippen LogP contribution < -0.4 is 10.5 Å². The summed E-state index contributed by atoms with van der Waals surface area (Å²) in [5.41, 5.74) is 10.8. The van der Waals surface area contributed by atoms with Crippen molar-refractivity contribution in [3.63, 3.8) is 0 Å². The Morgan fingerprint density at radius 3 is 2.71 bits per heavy atom. The van der Waals surface area contributed by atoms with E-state index in [9.17, 15) is 0 Å². The Morgan fingerprint density at radius 1 is 1.19 bits per heavy atom. The Balaban J connectivity index is 1.78. The minimum atomic E-state index is -0.174. The van der Waals surface area contributed by atoms with Gasteiger partial charge in [0.15, 0.2) is 0 Å². The fraction of sp³-hybridized carbons (Fsp3) is 0.346. The standard InChI is InChI=1S/C26H33N3OS/c1-18(11-12-28-20(3)27)26-19(2)24-17-22(9-10-25(24)31-26)15-21-7-6-8-23(16-21)30-14-13-29(4)5/h6-12,16-17,20H,13-15,27H2,1-5H3/b18-11+,28-12-. The van der Waals surface area contributed by atoms with Gasteiger partial charge in [-0.15, -0.1) is 11.3 Å². The molecule has 0 radical (unpaired) electrons. The third-order valence-corrected chi connectivity index (χ3v) is 6.53. The molecule has 0 amide bonds. The third-order valence-electron chi connectivity index (χ3n) is 5.12. The quantitative estimate of drug-likeness (QED) is 0.450. The van der Waals surface area contributed by atoms with Gasteiger partial charge in [0.2, 0.25) is 0 Å². The molecular weight excluding hydrogens is 402 g/mol. The number of allylic oxidation sites excluding steroid dienone is 2. The van der Waals surface area contributed by atoms with E-state index in [0.29, 0.717) is 6.61 Å². The van der Waals surface area contributed by atoms with Gasteiger partial charge in [0, 0.05) is 22.3 Å². The van der Waals surface area contributed by atoms with Crippen molar-refractivity contribution in [2.45, 2.75) is 33.4 Å². The van der Waals surface area contributed by atoms with Crippen molar-refractivity contribution in [1.29, 1.82) is 0 Å². The van der Waals surface area contributed by atoms with Crippen LogP contribution in [0.3, 0.4) is 0 Å². The maximum absolute atomic E-state index is 5.90. The van der Waals surface area contributed by atoms with Crippen LogP contribution >= 0.6 is 11.3 Å². The number of nitrogens with zero attached hydrogens (tertiary/aromatic N) is 2. The summed E-state index contributed by atoms with van der Waals surface area (Å²) in [6.45, 7) is 7.81. The first-order chi connectivity index (χ1) is 14.8. The molecule has 5 heteroatoms. The van der Waals surface area contributed by atoms with E-state index >= 15 is 0 Å². The number of hydrogen-bond donors (Lipinski definition) is 1. The summed E-state index contributed by atoms with van der Waals surface area (Å²) in [4.78, 5) is 7.67. The number of aryl methyl sites for hydroxylation is 1. The van der Waals surface area contributed by atoms with Crippen LogP contribution in [0.1, 0.15) is 35.4 Å². The average molecular weight is 436 g/mol. The van der Waals surface area contributed by atoms with Gasteiger partial charge in [-0.1, -0.05) is 18.2 Å². The van der Waals surface area contributed by atoms with Crippen LogP contribution in [0.4, 0.5) is 0 Å². The molecule has 4 nitrogen and oxygen atoms in total. The first-order valence-electron chi connectivity index (χ1n) is 10.7. The van der Waals surface area contributed by atoms with Crippen LogP contribution in [0.25, 0.3) is 15.7 Å². The maximum Gasteiger partial charge on any atom is 0.119 e. The van der Waals surface area contributed by atoms with E-state index < -0.39 is 0 Å². The fourth-order valence-electron chi connectivity index (χ4n) is 3.45. The van der Waals surface area contributed by atoms with Crippen molar-refractivity contribution in [2.24, 2.45) is 10.7 Å². The number of rotatable bonds is 9. The molecule has 1 unspecified atom stereocenters. The zero-order valence-electron chi connectivity index (χ0n) is 19.2. The molecule has 3 aromatic rings. The van der Waals surface area contributed by atoms with E-state index in [2.05, 4.69) is 74.2 Å². The summed E-state index contributed by atoms with van der Waals surface area (Å²) in [6.07, 6.45) is 4.57. The first kappa shape index (κ1) is 23.2. The van der Waals surface area contributed by atoms with Crippen LogP contribution in [0.2, 0.25) is 0 Å². The molecule has 3 rings (SSSR count). The van der Waals surface area contributed by atoms with Crippen LogP contribution in [0, 0.1) is 6.92 Å². The molecule has 0 aliphatic heterocycles. The maximum atomic E-state index is 5.90. The summed E-state index contributed by atoms with van der Waals surface area (Å²) in [7, 11) is 4.11. The summed E-state index contributed by atoms with van der Waals surface area (Å²) >= 11 is 1.83. The lowest BCUT2D eigenvalue weighted by Crippen LogP contribution is -2.19. The molecule has 0 aliphatic carbocycles. The first-order valence-corrected chi connectivity index (χ1v) is 11.5. The normalized spacial score (nSPS) is 13.5. The number of benzene rings is 2. The Labute approximate surface area is 190 Å². The monoisotopic (exact) mass is 435 g/mol. The van der Waals surface area contributed by atoms with E-state index in [0.717, 1.165) is 18.7 Å². The molecule has 0 aliphatic rings. The second-order valence-electron chi connectivity index (χ2n) is 8.25.